The molecule has 2 aromatic rings. The first-order chi connectivity index (χ1) is 13.4. The van der Waals surface area contributed by atoms with Crippen molar-refractivity contribution < 1.29 is 14.0 Å². The summed E-state index contributed by atoms with van der Waals surface area (Å²) in [7, 11) is 0. The lowest BCUT2D eigenvalue weighted by atomic mass is 10.0. The Labute approximate surface area is 172 Å². The fourth-order valence-electron chi connectivity index (χ4n) is 2.60. The standard InChI is InChI=1S/C20H20Cl2FN3O2/c1-3-24-17-9-14(20(27)26-28-10-12-4-5-12)19(18(23)11(17)2)25-16-7-6-13(21)8-15(16)22/h3,6-9,12,24-25H,1,4-5,10H2,2H3,(H,26,27). The van der Waals surface area contributed by atoms with Gasteiger partial charge in [-0.15, -0.1) is 0 Å². The third kappa shape index (κ3) is 4.76. The highest BCUT2D eigenvalue weighted by Crippen LogP contribution is 2.35. The number of anilines is 3. The van der Waals surface area contributed by atoms with Crippen molar-refractivity contribution in [2.75, 3.05) is 17.2 Å². The summed E-state index contributed by atoms with van der Waals surface area (Å²) in [6.45, 7) is 5.62. The van der Waals surface area contributed by atoms with Gasteiger partial charge in [0.15, 0.2) is 5.82 Å². The van der Waals surface area contributed by atoms with Gasteiger partial charge in [0.2, 0.25) is 0 Å². The number of rotatable bonds is 8. The van der Waals surface area contributed by atoms with E-state index < -0.39 is 11.7 Å². The largest absolute Gasteiger partial charge is 0.362 e. The van der Waals surface area contributed by atoms with Crippen molar-refractivity contribution in [3.63, 3.8) is 0 Å². The number of halogens is 3. The average molecular weight is 424 g/mol. The van der Waals surface area contributed by atoms with E-state index in [1.54, 1.807) is 19.1 Å². The minimum absolute atomic E-state index is 0.0103. The Morgan fingerprint density at radius 3 is 2.71 bits per heavy atom. The summed E-state index contributed by atoms with van der Waals surface area (Å²) in [6, 6.07) is 6.29. The minimum Gasteiger partial charge on any atom is -0.362 e. The molecule has 1 fully saturated rings. The molecule has 1 aliphatic carbocycles. The second kappa shape index (κ2) is 8.82. The molecule has 0 spiro atoms. The van der Waals surface area contributed by atoms with Gasteiger partial charge in [-0.05, 0) is 56.1 Å². The van der Waals surface area contributed by atoms with Crippen LogP contribution in [0.15, 0.2) is 37.0 Å². The van der Waals surface area contributed by atoms with E-state index in [1.165, 1.54) is 18.3 Å². The van der Waals surface area contributed by atoms with Crippen LogP contribution in [0.25, 0.3) is 0 Å². The van der Waals surface area contributed by atoms with Gasteiger partial charge >= 0.3 is 0 Å². The van der Waals surface area contributed by atoms with Gasteiger partial charge in [0.05, 0.1) is 28.6 Å². The third-order valence-electron chi connectivity index (χ3n) is 4.38. The molecule has 2 aromatic carbocycles. The van der Waals surface area contributed by atoms with Crippen LogP contribution in [-0.2, 0) is 4.84 Å². The minimum atomic E-state index is -0.592. The van der Waals surface area contributed by atoms with Gasteiger partial charge in [-0.25, -0.2) is 9.87 Å². The highest BCUT2D eigenvalue weighted by Gasteiger charge is 2.24. The molecule has 148 valence electrons. The highest BCUT2D eigenvalue weighted by atomic mass is 35.5. The van der Waals surface area contributed by atoms with E-state index in [4.69, 9.17) is 28.0 Å². The van der Waals surface area contributed by atoms with Gasteiger partial charge in [0, 0.05) is 16.3 Å². The molecule has 0 atom stereocenters. The Morgan fingerprint density at radius 2 is 2.07 bits per heavy atom. The van der Waals surface area contributed by atoms with Crippen LogP contribution in [0.5, 0.6) is 0 Å². The number of amides is 1. The summed E-state index contributed by atoms with van der Waals surface area (Å²) in [4.78, 5) is 17.9. The van der Waals surface area contributed by atoms with Gasteiger partial charge in [-0.3, -0.25) is 9.63 Å². The van der Waals surface area contributed by atoms with Crippen molar-refractivity contribution in [1.82, 2.24) is 5.48 Å². The van der Waals surface area contributed by atoms with E-state index in [2.05, 4.69) is 22.7 Å². The zero-order valence-corrected chi connectivity index (χ0v) is 16.8. The van der Waals surface area contributed by atoms with Crippen LogP contribution in [0.3, 0.4) is 0 Å². The number of nitrogens with one attached hydrogen (secondary N) is 3. The van der Waals surface area contributed by atoms with Gasteiger partial charge in [0.25, 0.3) is 5.91 Å². The fraction of sp³-hybridized carbons (Fsp3) is 0.250. The van der Waals surface area contributed by atoms with Gasteiger partial charge in [-0.1, -0.05) is 29.8 Å². The van der Waals surface area contributed by atoms with E-state index in [0.29, 0.717) is 39.5 Å². The predicted molar refractivity (Wildman–Crippen MR) is 111 cm³/mol. The molecule has 5 nitrogen and oxygen atoms in total. The van der Waals surface area contributed by atoms with Crippen LogP contribution < -0.4 is 16.1 Å². The van der Waals surface area contributed by atoms with E-state index >= 15 is 4.39 Å². The molecule has 0 aliphatic heterocycles. The zero-order chi connectivity index (χ0) is 20.3. The van der Waals surface area contributed by atoms with Crippen molar-refractivity contribution in [2.45, 2.75) is 19.8 Å². The molecule has 0 radical (unpaired) electrons. The first-order valence-corrected chi connectivity index (χ1v) is 9.51. The van der Waals surface area contributed by atoms with Crippen LogP contribution >= 0.6 is 23.2 Å². The first kappa shape index (κ1) is 20.5. The molecule has 3 N–H and O–H groups in total. The lowest BCUT2D eigenvalue weighted by Crippen LogP contribution is -2.26. The summed E-state index contributed by atoms with van der Waals surface area (Å²) in [6.07, 6.45) is 3.59. The number of hydrogen-bond donors (Lipinski definition) is 3. The van der Waals surface area contributed by atoms with Crippen LogP contribution in [0.2, 0.25) is 10.0 Å². The summed E-state index contributed by atoms with van der Waals surface area (Å²) < 4.78 is 15.1. The van der Waals surface area contributed by atoms with Gasteiger partial charge < -0.3 is 10.6 Å². The molecular formula is C20H20Cl2FN3O2. The topological polar surface area (TPSA) is 62.4 Å². The van der Waals surface area contributed by atoms with E-state index in [9.17, 15) is 4.79 Å². The Morgan fingerprint density at radius 1 is 1.32 bits per heavy atom. The molecular weight excluding hydrogens is 404 g/mol. The number of carbonyl (C=O) groups is 1. The Kier molecular flexibility index (Phi) is 6.44. The molecule has 0 bridgehead atoms. The normalized spacial score (nSPS) is 13.1. The maximum Gasteiger partial charge on any atom is 0.277 e. The smallest absolute Gasteiger partial charge is 0.277 e. The summed E-state index contributed by atoms with van der Waals surface area (Å²) in [5.41, 5.74) is 3.60. The Bertz CT molecular complexity index is 917. The molecule has 1 saturated carbocycles. The van der Waals surface area contributed by atoms with E-state index in [0.717, 1.165) is 12.8 Å². The van der Waals surface area contributed by atoms with Crippen molar-refractivity contribution in [2.24, 2.45) is 5.92 Å². The van der Waals surface area contributed by atoms with E-state index in [-0.39, 0.29) is 11.3 Å². The second-order valence-electron chi connectivity index (χ2n) is 6.57. The maximum atomic E-state index is 15.1. The Balaban J connectivity index is 1.95. The average Bonchev–Trinajstić information content (AvgIpc) is 3.47. The number of hydrogen-bond acceptors (Lipinski definition) is 4. The first-order valence-electron chi connectivity index (χ1n) is 8.75. The third-order valence-corrected chi connectivity index (χ3v) is 4.93. The molecule has 1 aliphatic rings. The molecule has 28 heavy (non-hydrogen) atoms. The van der Waals surface area contributed by atoms with Crippen molar-refractivity contribution in [3.8, 4) is 0 Å². The molecule has 1 amide bonds. The van der Waals surface area contributed by atoms with E-state index in [1.807, 2.05) is 0 Å². The quantitative estimate of drug-likeness (QED) is 0.468. The highest BCUT2D eigenvalue weighted by molar-refractivity contribution is 6.36. The second-order valence-corrected chi connectivity index (χ2v) is 7.41. The molecule has 0 aromatic heterocycles. The molecule has 3 rings (SSSR count). The SMILES string of the molecule is C=CNc1cc(C(=O)NOCC2CC2)c(Nc2ccc(Cl)cc2Cl)c(F)c1C. The Hall–Kier alpha value is -2.28. The molecule has 8 heteroatoms. The fourth-order valence-corrected chi connectivity index (χ4v) is 3.06. The van der Waals surface area contributed by atoms with Gasteiger partial charge in [-0.2, -0.15) is 0 Å². The summed E-state index contributed by atoms with van der Waals surface area (Å²) >= 11 is 12.1. The van der Waals surface area contributed by atoms with Gasteiger partial charge in [0.1, 0.15) is 0 Å². The maximum absolute atomic E-state index is 15.1. The zero-order valence-electron chi connectivity index (χ0n) is 15.2. The van der Waals surface area contributed by atoms with Crippen LogP contribution in [0.4, 0.5) is 21.5 Å². The molecule has 0 heterocycles. The summed E-state index contributed by atoms with van der Waals surface area (Å²) in [5, 5.41) is 6.49. The lowest BCUT2D eigenvalue weighted by molar-refractivity contribution is 0.0271. The van der Waals surface area contributed by atoms with Crippen LogP contribution in [0, 0.1) is 18.7 Å². The summed E-state index contributed by atoms with van der Waals surface area (Å²) in [5.74, 6) is -0.692. The molecule has 0 saturated heterocycles. The number of hydroxylamine groups is 1. The lowest BCUT2D eigenvalue weighted by Gasteiger charge is -2.18. The van der Waals surface area contributed by atoms with Crippen molar-refractivity contribution in [1.29, 1.82) is 0 Å². The number of benzene rings is 2. The van der Waals surface area contributed by atoms with Crippen LogP contribution in [-0.4, -0.2) is 12.5 Å². The predicted octanol–water partition coefficient (Wildman–Crippen LogP) is 5.81. The monoisotopic (exact) mass is 423 g/mol. The van der Waals surface area contributed by atoms with Crippen molar-refractivity contribution >= 4 is 46.2 Å². The van der Waals surface area contributed by atoms with Crippen LogP contribution in [0.1, 0.15) is 28.8 Å². The number of carbonyl (C=O) groups excluding carboxylic acids is 1. The molecule has 0 unspecified atom stereocenters. The van der Waals surface area contributed by atoms with Crippen molar-refractivity contribution in [3.05, 3.63) is 64.0 Å².